The Morgan fingerprint density at radius 1 is 0.964 bits per heavy atom. The van der Waals surface area contributed by atoms with E-state index in [0.717, 1.165) is 21.2 Å². The van der Waals surface area contributed by atoms with E-state index in [4.69, 9.17) is 21.1 Å². The lowest BCUT2D eigenvalue weighted by Gasteiger charge is -2.12. The third-order valence-corrected chi connectivity index (χ3v) is 5.43. The third kappa shape index (κ3) is 5.21. The topological polar surface area (TPSA) is 47.6 Å². The molecule has 0 heterocycles. The molecular formula is C22H20ClNO3S. The maximum Gasteiger partial charge on any atom is 0.255 e. The van der Waals surface area contributed by atoms with Gasteiger partial charge in [0.15, 0.2) is 0 Å². The first-order valence-electron chi connectivity index (χ1n) is 8.59. The number of anilines is 1. The van der Waals surface area contributed by atoms with Crippen LogP contribution < -0.4 is 14.8 Å². The minimum absolute atomic E-state index is 0.205. The van der Waals surface area contributed by atoms with Gasteiger partial charge in [0.1, 0.15) is 11.5 Å². The number of halogens is 1. The van der Waals surface area contributed by atoms with Gasteiger partial charge in [0.2, 0.25) is 0 Å². The van der Waals surface area contributed by atoms with Crippen LogP contribution in [0.25, 0.3) is 0 Å². The van der Waals surface area contributed by atoms with Crippen LogP contribution in [0.3, 0.4) is 0 Å². The van der Waals surface area contributed by atoms with Crippen LogP contribution in [0.1, 0.15) is 15.9 Å². The summed E-state index contributed by atoms with van der Waals surface area (Å²) in [5.41, 5.74) is 2.27. The first-order valence-corrected chi connectivity index (χ1v) is 9.96. The fourth-order valence-corrected chi connectivity index (χ4v) is 3.54. The van der Waals surface area contributed by atoms with Crippen molar-refractivity contribution in [2.75, 3.05) is 19.5 Å². The van der Waals surface area contributed by atoms with Crippen LogP contribution in [-0.4, -0.2) is 20.1 Å². The van der Waals surface area contributed by atoms with Crippen molar-refractivity contribution in [3.63, 3.8) is 0 Å². The van der Waals surface area contributed by atoms with Gasteiger partial charge in [0.25, 0.3) is 5.91 Å². The summed E-state index contributed by atoms with van der Waals surface area (Å²) in [7, 11) is 3.14. The molecule has 0 bridgehead atoms. The number of rotatable bonds is 7. The molecule has 0 radical (unpaired) electrons. The highest BCUT2D eigenvalue weighted by molar-refractivity contribution is 7.98. The Bertz CT molecular complexity index is 943. The normalized spacial score (nSPS) is 10.4. The molecule has 3 rings (SSSR count). The van der Waals surface area contributed by atoms with Gasteiger partial charge in [-0.05, 0) is 54.1 Å². The van der Waals surface area contributed by atoms with Gasteiger partial charge in [-0.3, -0.25) is 4.79 Å². The first-order chi connectivity index (χ1) is 13.6. The molecule has 0 fully saturated rings. The van der Waals surface area contributed by atoms with Crippen LogP contribution in [0.4, 0.5) is 5.69 Å². The van der Waals surface area contributed by atoms with Gasteiger partial charge < -0.3 is 14.8 Å². The maximum absolute atomic E-state index is 12.6. The van der Waals surface area contributed by atoms with E-state index in [2.05, 4.69) is 5.32 Å². The summed E-state index contributed by atoms with van der Waals surface area (Å²) in [6.45, 7) is 0. The van der Waals surface area contributed by atoms with E-state index in [1.165, 1.54) is 0 Å². The number of ether oxygens (including phenoxy) is 2. The summed E-state index contributed by atoms with van der Waals surface area (Å²) >= 11 is 7.63. The number of benzene rings is 3. The highest BCUT2D eigenvalue weighted by Gasteiger charge is 2.11. The van der Waals surface area contributed by atoms with Gasteiger partial charge >= 0.3 is 0 Å². The largest absolute Gasteiger partial charge is 0.497 e. The number of carbonyl (C=O) groups is 1. The average Bonchev–Trinajstić information content (AvgIpc) is 2.73. The fourth-order valence-electron chi connectivity index (χ4n) is 2.56. The highest BCUT2D eigenvalue weighted by atomic mass is 35.5. The van der Waals surface area contributed by atoms with Gasteiger partial charge in [-0.1, -0.05) is 23.7 Å². The Morgan fingerprint density at radius 2 is 1.68 bits per heavy atom. The van der Waals surface area contributed by atoms with E-state index in [1.807, 2.05) is 48.5 Å². The van der Waals surface area contributed by atoms with E-state index in [0.29, 0.717) is 22.7 Å². The number of nitrogens with one attached hydrogen (secondary N) is 1. The van der Waals surface area contributed by atoms with E-state index in [9.17, 15) is 4.79 Å². The van der Waals surface area contributed by atoms with Gasteiger partial charge in [0.05, 0.1) is 19.9 Å². The molecule has 1 N–H and O–H groups in total. The van der Waals surface area contributed by atoms with E-state index in [1.54, 1.807) is 44.2 Å². The summed E-state index contributed by atoms with van der Waals surface area (Å²) in [4.78, 5) is 13.7. The molecule has 0 aliphatic rings. The Morgan fingerprint density at radius 3 is 2.32 bits per heavy atom. The predicted octanol–water partition coefficient (Wildman–Crippen LogP) is 5.90. The smallest absolute Gasteiger partial charge is 0.255 e. The Hall–Kier alpha value is -2.63. The van der Waals surface area contributed by atoms with E-state index in [-0.39, 0.29) is 5.91 Å². The highest BCUT2D eigenvalue weighted by Crippen LogP contribution is 2.29. The SMILES string of the molecule is COc1ccc(OC)c(NC(=O)c2ccc(CSc3ccc(Cl)cc3)cc2)c1. The number of hydrogen-bond donors (Lipinski definition) is 1. The van der Waals surface area contributed by atoms with Crippen molar-refractivity contribution >= 4 is 35.0 Å². The summed E-state index contributed by atoms with van der Waals surface area (Å²) in [5.74, 6) is 1.83. The lowest BCUT2D eigenvalue weighted by molar-refractivity contribution is 0.102. The van der Waals surface area contributed by atoms with E-state index >= 15 is 0 Å². The second-order valence-corrected chi connectivity index (χ2v) is 7.45. The molecule has 0 unspecified atom stereocenters. The molecule has 0 saturated carbocycles. The summed E-state index contributed by atoms with van der Waals surface area (Å²) < 4.78 is 10.5. The van der Waals surface area contributed by atoms with Crippen LogP contribution >= 0.6 is 23.4 Å². The molecule has 144 valence electrons. The Labute approximate surface area is 173 Å². The molecule has 0 saturated heterocycles. The van der Waals surface area contributed by atoms with Gasteiger partial charge in [-0.15, -0.1) is 11.8 Å². The van der Waals surface area contributed by atoms with Crippen molar-refractivity contribution in [2.24, 2.45) is 0 Å². The quantitative estimate of drug-likeness (QED) is 0.490. The summed E-state index contributed by atoms with van der Waals surface area (Å²) in [6.07, 6.45) is 0. The molecule has 1 amide bonds. The molecule has 0 atom stereocenters. The minimum atomic E-state index is -0.205. The molecule has 0 aliphatic carbocycles. The van der Waals surface area contributed by atoms with Gasteiger partial charge in [-0.25, -0.2) is 0 Å². The third-order valence-electron chi connectivity index (χ3n) is 4.09. The molecular weight excluding hydrogens is 394 g/mol. The second-order valence-electron chi connectivity index (χ2n) is 5.96. The Balaban J connectivity index is 1.64. The summed E-state index contributed by atoms with van der Waals surface area (Å²) in [6, 6.07) is 20.6. The van der Waals surface area contributed by atoms with Crippen molar-refractivity contribution in [1.82, 2.24) is 0 Å². The molecule has 0 spiro atoms. The standard InChI is InChI=1S/C22H20ClNO3S/c1-26-18-9-12-21(27-2)20(13-18)24-22(25)16-5-3-15(4-6-16)14-28-19-10-7-17(23)8-11-19/h3-13H,14H2,1-2H3,(H,24,25). The molecule has 6 heteroatoms. The zero-order chi connectivity index (χ0) is 19.9. The monoisotopic (exact) mass is 413 g/mol. The molecule has 28 heavy (non-hydrogen) atoms. The molecule has 3 aromatic rings. The molecule has 0 aliphatic heterocycles. The molecule has 0 aromatic heterocycles. The van der Waals surface area contributed by atoms with Crippen LogP contribution in [0.2, 0.25) is 5.02 Å². The lowest BCUT2D eigenvalue weighted by Crippen LogP contribution is -2.12. The van der Waals surface area contributed by atoms with Crippen LogP contribution in [0, 0.1) is 0 Å². The van der Waals surface area contributed by atoms with E-state index < -0.39 is 0 Å². The number of carbonyl (C=O) groups excluding carboxylic acids is 1. The number of methoxy groups -OCH3 is 2. The fraction of sp³-hybridized carbons (Fsp3) is 0.136. The van der Waals surface area contributed by atoms with Crippen molar-refractivity contribution < 1.29 is 14.3 Å². The van der Waals surface area contributed by atoms with Gasteiger partial charge in [-0.2, -0.15) is 0 Å². The summed E-state index contributed by atoms with van der Waals surface area (Å²) in [5, 5.41) is 3.60. The van der Waals surface area contributed by atoms with Crippen molar-refractivity contribution in [2.45, 2.75) is 10.6 Å². The van der Waals surface area contributed by atoms with Gasteiger partial charge in [0, 0.05) is 27.3 Å². The molecule has 3 aromatic carbocycles. The van der Waals surface area contributed by atoms with Crippen LogP contribution in [0.15, 0.2) is 71.6 Å². The second kappa shape index (κ2) is 9.53. The maximum atomic E-state index is 12.6. The zero-order valence-electron chi connectivity index (χ0n) is 15.6. The van der Waals surface area contributed by atoms with Crippen molar-refractivity contribution in [1.29, 1.82) is 0 Å². The first kappa shape index (κ1) is 20.1. The van der Waals surface area contributed by atoms with Crippen molar-refractivity contribution in [3.05, 3.63) is 82.9 Å². The predicted molar refractivity (Wildman–Crippen MR) is 115 cm³/mol. The number of hydrogen-bond acceptors (Lipinski definition) is 4. The zero-order valence-corrected chi connectivity index (χ0v) is 17.1. The molecule has 4 nitrogen and oxygen atoms in total. The Kier molecular flexibility index (Phi) is 6.85. The lowest BCUT2D eigenvalue weighted by atomic mass is 10.1. The van der Waals surface area contributed by atoms with Crippen LogP contribution in [0.5, 0.6) is 11.5 Å². The van der Waals surface area contributed by atoms with Crippen LogP contribution in [-0.2, 0) is 5.75 Å². The van der Waals surface area contributed by atoms with Crippen molar-refractivity contribution in [3.8, 4) is 11.5 Å². The number of thioether (sulfide) groups is 1. The minimum Gasteiger partial charge on any atom is -0.497 e. The average molecular weight is 414 g/mol. The number of amides is 1.